The lowest BCUT2D eigenvalue weighted by Crippen LogP contribution is -2.11. The standard InChI is InChI=1S/C9H18NO2P/c1-2-3-6-13(11,12)9-5-4-8(10)7-9/h7-8H,2-6,10H2,1H3,(H,11,12). The minimum absolute atomic E-state index is 0.00268. The summed E-state index contributed by atoms with van der Waals surface area (Å²) < 4.78 is 11.8. The Morgan fingerprint density at radius 3 is 2.92 bits per heavy atom. The van der Waals surface area contributed by atoms with Crippen molar-refractivity contribution in [2.24, 2.45) is 5.73 Å². The molecule has 0 fully saturated rings. The zero-order valence-corrected chi connectivity index (χ0v) is 8.96. The molecule has 2 unspecified atom stereocenters. The molecule has 1 aliphatic carbocycles. The van der Waals surface area contributed by atoms with E-state index < -0.39 is 7.37 Å². The van der Waals surface area contributed by atoms with Crippen LogP contribution in [-0.4, -0.2) is 17.1 Å². The van der Waals surface area contributed by atoms with Gasteiger partial charge in [-0.3, -0.25) is 4.57 Å². The van der Waals surface area contributed by atoms with Crippen LogP contribution in [0.3, 0.4) is 0 Å². The molecule has 0 bridgehead atoms. The lowest BCUT2D eigenvalue weighted by atomic mass is 10.3. The largest absolute Gasteiger partial charge is 0.341 e. The number of unbranched alkanes of at least 4 members (excludes halogenated alkanes) is 1. The Bertz CT molecular complexity index is 250. The van der Waals surface area contributed by atoms with E-state index in [0.29, 0.717) is 17.9 Å². The minimum Gasteiger partial charge on any atom is -0.341 e. The summed E-state index contributed by atoms with van der Waals surface area (Å²) >= 11 is 0. The molecule has 13 heavy (non-hydrogen) atoms. The van der Waals surface area contributed by atoms with Crippen molar-refractivity contribution >= 4 is 7.37 Å². The van der Waals surface area contributed by atoms with E-state index in [-0.39, 0.29) is 6.04 Å². The maximum absolute atomic E-state index is 11.8. The summed E-state index contributed by atoms with van der Waals surface area (Å²) in [7, 11) is -3.01. The Morgan fingerprint density at radius 1 is 1.77 bits per heavy atom. The van der Waals surface area contributed by atoms with Gasteiger partial charge in [-0.2, -0.15) is 0 Å². The van der Waals surface area contributed by atoms with Crippen LogP contribution in [0.2, 0.25) is 0 Å². The van der Waals surface area contributed by atoms with E-state index in [0.717, 1.165) is 19.3 Å². The van der Waals surface area contributed by atoms with Crippen molar-refractivity contribution in [3.63, 3.8) is 0 Å². The zero-order chi connectivity index (χ0) is 9.90. The van der Waals surface area contributed by atoms with Gasteiger partial charge < -0.3 is 10.6 Å². The predicted molar refractivity (Wildman–Crippen MR) is 54.9 cm³/mol. The van der Waals surface area contributed by atoms with E-state index in [9.17, 15) is 9.46 Å². The first-order chi connectivity index (χ1) is 6.06. The van der Waals surface area contributed by atoms with Gasteiger partial charge >= 0.3 is 0 Å². The lowest BCUT2D eigenvalue weighted by Gasteiger charge is -2.11. The highest BCUT2D eigenvalue weighted by Gasteiger charge is 2.27. The fourth-order valence-electron chi connectivity index (χ4n) is 1.54. The molecule has 1 rings (SSSR count). The van der Waals surface area contributed by atoms with E-state index in [2.05, 4.69) is 0 Å². The van der Waals surface area contributed by atoms with Crippen molar-refractivity contribution < 1.29 is 9.46 Å². The Labute approximate surface area is 79.5 Å². The van der Waals surface area contributed by atoms with Crippen LogP contribution in [0.5, 0.6) is 0 Å². The normalized spacial score (nSPS) is 27.0. The van der Waals surface area contributed by atoms with Gasteiger partial charge in [0.1, 0.15) is 0 Å². The van der Waals surface area contributed by atoms with Crippen molar-refractivity contribution in [3.05, 3.63) is 11.4 Å². The van der Waals surface area contributed by atoms with Gasteiger partial charge in [0, 0.05) is 17.5 Å². The van der Waals surface area contributed by atoms with Crippen LogP contribution >= 0.6 is 7.37 Å². The topological polar surface area (TPSA) is 63.3 Å². The molecule has 76 valence electrons. The Hall–Kier alpha value is -0.110. The number of rotatable bonds is 4. The summed E-state index contributed by atoms with van der Waals surface area (Å²) in [6.45, 7) is 2.02. The minimum atomic E-state index is -3.01. The van der Waals surface area contributed by atoms with Crippen molar-refractivity contribution in [2.75, 3.05) is 6.16 Å². The number of allylic oxidation sites excluding steroid dienone is 1. The number of hydrogen-bond acceptors (Lipinski definition) is 2. The second kappa shape index (κ2) is 4.41. The van der Waals surface area contributed by atoms with Gasteiger partial charge in [0.05, 0.1) is 0 Å². The van der Waals surface area contributed by atoms with Crippen LogP contribution in [0.25, 0.3) is 0 Å². The summed E-state index contributed by atoms with van der Waals surface area (Å²) in [5.41, 5.74) is 5.64. The van der Waals surface area contributed by atoms with Gasteiger partial charge in [-0.1, -0.05) is 19.4 Å². The first kappa shape index (κ1) is 11.0. The Morgan fingerprint density at radius 2 is 2.46 bits per heavy atom. The lowest BCUT2D eigenvalue weighted by molar-refractivity contribution is 0.482. The molecule has 3 nitrogen and oxygen atoms in total. The quantitative estimate of drug-likeness (QED) is 0.687. The van der Waals surface area contributed by atoms with Gasteiger partial charge in [0.2, 0.25) is 7.37 Å². The van der Waals surface area contributed by atoms with Crippen molar-refractivity contribution in [1.82, 2.24) is 0 Å². The highest BCUT2D eigenvalue weighted by Crippen LogP contribution is 2.54. The molecular weight excluding hydrogens is 185 g/mol. The molecule has 0 heterocycles. The van der Waals surface area contributed by atoms with E-state index >= 15 is 0 Å². The summed E-state index contributed by atoms with van der Waals surface area (Å²) in [6, 6.07) is -0.00268. The molecule has 0 radical (unpaired) electrons. The summed E-state index contributed by atoms with van der Waals surface area (Å²) in [5.74, 6) is 0. The smallest absolute Gasteiger partial charge is 0.225 e. The van der Waals surface area contributed by atoms with Crippen molar-refractivity contribution in [2.45, 2.75) is 38.6 Å². The van der Waals surface area contributed by atoms with Crippen LogP contribution < -0.4 is 5.73 Å². The first-order valence-corrected chi connectivity index (χ1v) is 6.69. The maximum atomic E-state index is 11.8. The van der Waals surface area contributed by atoms with Crippen LogP contribution in [-0.2, 0) is 4.57 Å². The molecule has 3 N–H and O–H groups in total. The SMILES string of the molecule is CCCCP(=O)(O)C1=CC(N)CC1. The third-order valence-corrected chi connectivity index (χ3v) is 4.60. The summed E-state index contributed by atoms with van der Waals surface area (Å²) in [5, 5.41) is 0.702. The fourth-order valence-corrected chi connectivity index (χ4v) is 3.47. The van der Waals surface area contributed by atoms with Crippen LogP contribution in [0, 0.1) is 0 Å². The van der Waals surface area contributed by atoms with Gasteiger partial charge in [-0.25, -0.2) is 0 Å². The molecule has 0 aromatic carbocycles. The van der Waals surface area contributed by atoms with E-state index in [4.69, 9.17) is 5.73 Å². The summed E-state index contributed by atoms with van der Waals surface area (Å²) in [6.07, 6.45) is 5.51. The average molecular weight is 203 g/mol. The first-order valence-electron chi connectivity index (χ1n) is 4.85. The average Bonchev–Trinajstić information content (AvgIpc) is 2.49. The predicted octanol–water partition coefficient (Wildman–Crippen LogP) is 2.06. The van der Waals surface area contributed by atoms with E-state index in [1.54, 1.807) is 6.08 Å². The second-order valence-corrected chi connectivity index (χ2v) is 6.06. The highest BCUT2D eigenvalue weighted by molar-refractivity contribution is 7.62. The highest BCUT2D eigenvalue weighted by atomic mass is 31.2. The molecule has 0 amide bonds. The van der Waals surface area contributed by atoms with Gasteiger partial charge in [0.15, 0.2) is 0 Å². The van der Waals surface area contributed by atoms with Gasteiger partial charge in [-0.05, 0) is 19.3 Å². The molecule has 0 aromatic heterocycles. The fraction of sp³-hybridized carbons (Fsp3) is 0.778. The van der Waals surface area contributed by atoms with Crippen molar-refractivity contribution in [1.29, 1.82) is 0 Å². The van der Waals surface area contributed by atoms with E-state index in [1.165, 1.54) is 0 Å². The number of hydrogen-bond donors (Lipinski definition) is 2. The Kier molecular flexibility index (Phi) is 3.72. The van der Waals surface area contributed by atoms with Gasteiger partial charge in [-0.15, -0.1) is 0 Å². The van der Waals surface area contributed by atoms with Crippen LogP contribution in [0.4, 0.5) is 0 Å². The Balaban J connectivity index is 2.59. The summed E-state index contributed by atoms with van der Waals surface area (Å²) in [4.78, 5) is 9.69. The van der Waals surface area contributed by atoms with Gasteiger partial charge in [0.25, 0.3) is 0 Å². The zero-order valence-electron chi connectivity index (χ0n) is 8.07. The monoisotopic (exact) mass is 203 g/mol. The maximum Gasteiger partial charge on any atom is 0.225 e. The van der Waals surface area contributed by atoms with Crippen LogP contribution in [0.1, 0.15) is 32.6 Å². The van der Waals surface area contributed by atoms with Crippen LogP contribution in [0.15, 0.2) is 11.4 Å². The molecule has 2 atom stereocenters. The molecule has 0 aliphatic heterocycles. The molecule has 0 spiro atoms. The molecule has 0 saturated heterocycles. The second-order valence-electron chi connectivity index (χ2n) is 3.64. The number of nitrogens with two attached hydrogens (primary N) is 1. The van der Waals surface area contributed by atoms with E-state index in [1.807, 2.05) is 6.92 Å². The molecular formula is C9H18NO2P. The molecule has 0 saturated carbocycles. The molecule has 1 aliphatic rings. The molecule has 0 aromatic rings. The third kappa shape index (κ3) is 2.94. The third-order valence-electron chi connectivity index (χ3n) is 2.40. The van der Waals surface area contributed by atoms with Crippen molar-refractivity contribution in [3.8, 4) is 0 Å². The molecule has 4 heteroatoms.